The van der Waals surface area contributed by atoms with Gasteiger partial charge in [-0.25, -0.2) is 9.97 Å². The van der Waals surface area contributed by atoms with Crippen LogP contribution in [0.2, 0.25) is 0 Å². The molecule has 0 bridgehead atoms. The van der Waals surface area contributed by atoms with Gasteiger partial charge in [-0.05, 0) is 31.6 Å². The molecule has 0 aliphatic rings. The first-order valence-corrected chi connectivity index (χ1v) is 10.4. The van der Waals surface area contributed by atoms with Crippen molar-refractivity contribution in [3.8, 4) is 0 Å². The van der Waals surface area contributed by atoms with Crippen LogP contribution in [0.1, 0.15) is 104 Å². The summed E-state index contributed by atoms with van der Waals surface area (Å²) in [6.45, 7) is 15.7. The maximum atomic E-state index is 4.82. The molecule has 23 heavy (non-hydrogen) atoms. The van der Waals surface area contributed by atoms with Crippen LogP contribution in [0.3, 0.4) is 0 Å². The van der Waals surface area contributed by atoms with Gasteiger partial charge in [0.15, 0.2) is 0 Å². The lowest BCUT2D eigenvalue weighted by atomic mass is 9.98. The molecule has 128 valence electrons. The average molecular weight is 351 g/mol. The van der Waals surface area contributed by atoms with Gasteiger partial charge in [-0.15, -0.1) is 22.7 Å². The fourth-order valence-corrected chi connectivity index (χ4v) is 4.90. The predicted molar refractivity (Wildman–Crippen MR) is 103 cm³/mol. The van der Waals surface area contributed by atoms with E-state index >= 15 is 0 Å². The fraction of sp³-hybridized carbons (Fsp3) is 0.684. The second kappa shape index (κ2) is 7.89. The Hall–Kier alpha value is -0.740. The molecule has 2 unspecified atom stereocenters. The van der Waals surface area contributed by atoms with Gasteiger partial charge in [0.1, 0.15) is 0 Å². The van der Waals surface area contributed by atoms with Crippen LogP contribution < -0.4 is 0 Å². The maximum Gasteiger partial charge on any atom is 0.0959 e. The van der Waals surface area contributed by atoms with Crippen LogP contribution >= 0.6 is 22.7 Å². The molecule has 0 spiro atoms. The van der Waals surface area contributed by atoms with Crippen molar-refractivity contribution in [2.45, 2.75) is 85.0 Å². The molecule has 0 fully saturated rings. The molecular formula is C19H30N2S2. The zero-order valence-corrected chi connectivity index (χ0v) is 17.1. The summed E-state index contributed by atoms with van der Waals surface area (Å²) < 4.78 is 0. The second-order valence-electron chi connectivity index (χ2n) is 7.29. The number of aromatic nitrogens is 2. The normalized spacial score (nSPS) is 14.7. The summed E-state index contributed by atoms with van der Waals surface area (Å²) in [6, 6.07) is 0. The quantitative estimate of drug-likeness (QED) is 0.546. The first-order chi connectivity index (χ1) is 10.8. The van der Waals surface area contributed by atoms with Gasteiger partial charge in [-0.1, -0.05) is 41.5 Å². The van der Waals surface area contributed by atoms with Gasteiger partial charge < -0.3 is 0 Å². The van der Waals surface area contributed by atoms with E-state index in [1.54, 1.807) is 0 Å². The summed E-state index contributed by atoms with van der Waals surface area (Å²) in [6.07, 6.45) is 4.48. The van der Waals surface area contributed by atoms with Crippen LogP contribution in [-0.4, -0.2) is 9.97 Å². The molecule has 2 aromatic rings. The molecular weight excluding hydrogens is 320 g/mol. The van der Waals surface area contributed by atoms with Crippen molar-refractivity contribution >= 4 is 22.7 Å². The van der Waals surface area contributed by atoms with Crippen LogP contribution in [0.25, 0.3) is 0 Å². The van der Waals surface area contributed by atoms with Gasteiger partial charge in [0, 0.05) is 27.8 Å². The molecule has 0 saturated carbocycles. The minimum Gasteiger partial charge on any atom is -0.249 e. The first-order valence-electron chi connectivity index (χ1n) is 8.72. The topological polar surface area (TPSA) is 25.8 Å². The summed E-state index contributed by atoms with van der Waals surface area (Å²) in [5, 5.41) is 2.57. The summed E-state index contributed by atoms with van der Waals surface area (Å²) in [7, 11) is 0. The Morgan fingerprint density at radius 3 is 2.04 bits per heavy atom. The molecule has 0 aromatic carbocycles. The Kier molecular flexibility index (Phi) is 6.38. The Labute approximate surface area is 149 Å². The number of rotatable bonds is 7. The SMILES string of the molecule is Cc1nc(C(C)CCC(C)c2cnc(C(C)C)s2)sc1C(C)C. The highest BCUT2D eigenvalue weighted by Crippen LogP contribution is 2.35. The molecule has 4 heteroatoms. The van der Waals surface area contributed by atoms with E-state index in [1.807, 2.05) is 22.7 Å². The summed E-state index contributed by atoms with van der Waals surface area (Å²) in [4.78, 5) is 12.3. The van der Waals surface area contributed by atoms with Crippen LogP contribution in [0.5, 0.6) is 0 Å². The number of hydrogen-bond acceptors (Lipinski definition) is 4. The van der Waals surface area contributed by atoms with Crippen LogP contribution in [-0.2, 0) is 0 Å². The summed E-state index contributed by atoms with van der Waals surface area (Å²) in [5.41, 5.74) is 1.23. The molecule has 2 atom stereocenters. The lowest BCUT2D eigenvalue weighted by molar-refractivity contribution is 0.576. The smallest absolute Gasteiger partial charge is 0.0959 e. The highest BCUT2D eigenvalue weighted by molar-refractivity contribution is 7.12. The monoisotopic (exact) mass is 350 g/mol. The highest BCUT2D eigenvalue weighted by Gasteiger charge is 2.18. The van der Waals surface area contributed by atoms with E-state index < -0.39 is 0 Å². The molecule has 0 N–H and O–H groups in total. The number of hydrogen-bond donors (Lipinski definition) is 0. The van der Waals surface area contributed by atoms with Crippen molar-refractivity contribution in [3.63, 3.8) is 0 Å². The Morgan fingerprint density at radius 2 is 1.52 bits per heavy atom. The molecule has 0 radical (unpaired) electrons. The maximum absolute atomic E-state index is 4.82. The van der Waals surface area contributed by atoms with Crippen LogP contribution in [0.15, 0.2) is 6.20 Å². The first kappa shape index (κ1) is 18.6. The summed E-state index contributed by atoms with van der Waals surface area (Å²) >= 11 is 3.79. The van der Waals surface area contributed by atoms with E-state index in [0.29, 0.717) is 23.7 Å². The molecule has 0 saturated heterocycles. The van der Waals surface area contributed by atoms with Crippen LogP contribution in [0, 0.1) is 6.92 Å². The minimum atomic E-state index is 0.535. The molecule has 2 aromatic heterocycles. The van der Waals surface area contributed by atoms with Gasteiger partial charge in [0.2, 0.25) is 0 Å². The lowest BCUT2D eigenvalue weighted by Gasteiger charge is -2.12. The van der Waals surface area contributed by atoms with E-state index in [9.17, 15) is 0 Å². The largest absolute Gasteiger partial charge is 0.249 e. The van der Waals surface area contributed by atoms with Crippen molar-refractivity contribution in [1.29, 1.82) is 0 Å². The van der Waals surface area contributed by atoms with E-state index in [1.165, 1.54) is 38.3 Å². The highest BCUT2D eigenvalue weighted by atomic mass is 32.1. The van der Waals surface area contributed by atoms with Gasteiger partial charge in [0.25, 0.3) is 0 Å². The Morgan fingerprint density at radius 1 is 0.870 bits per heavy atom. The van der Waals surface area contributed by atoms with Crippen molar-refractivity contribution in [1.82, 2.24) is 9.97 Å². The zero-order chi connectivity index (χ0) is 17.1. The van der Waals surface area contributed by atoms with Crippen LogP contribution in [0.4, 0.5) is 0 Å². The Bertz CT molecular complexity index is 625. The fourth-order valence-electron chi connectivity index (χ4n) is 2.74. The van der Waals surface area contributed by atoms with E-state index in [-0.39, 0.29) is 0 Å². The molecule has 0 amide bonds. The number of thiazole rings is 2. The van der Waals surface area contributed by atoms with E-state index in [0.717, 1.165) is 0 Å². The van der Waals surface area contributed by atoms with Crippen molar-refractivity contribution in [2.75, 3.05) is 0 Å². The van der Waals surface area contributed by atoms with Gasteiger partial charge in [-0.3, -0.25) is 0 Å². The number of aryl methyl sites for hydroxylation is 1. The molecule has 0 aliphatic heterocycles. The average Bonchev–Trinajstić information content (AvgIpc) is 3.11. The van der Waals surface area contributed by atoms with Gasteiger partial charge in [-0.2, -0.15) is 0 Å². The second-order valence-corrected chi connectivity index (χ2v) is 9.45. The molecule has 2 heterocycles. The minimum absolute atomic E-state index is 0.535. The lowest BCUT2D eigenvalue weighted by Crippen LogP contribution is -1.97. The van der Waals surface area contributed by atoms with E-state index in [2.05, 4.69) is 59.6 Å². The van der Waals surface area contributed by atoms with Gasteiger partial charge in [0.05, 0.1) is 15.7 Å². The Balaban J connectivity index is 1.95. The van der Waals surface area contributed by atoms with Gasteiger partial charge >= 0.3 is 0 Å². The molecule has 2 rings (SSSR count). The van der Waals surface area contributed by atoms with Crippen molar-refractivity contribution in [3.05, 3.63) is 31.7 Å². The standard InChI is InChI=1S/C19H30N2S2/c1-11(2)17-15(7)21-19(23-17)14(6)9-8-13(5)16-10-20-18(22-16)12(3)4/h10-14H,8-9H2,1-7H3. The molecule has 0 aliphatic carbocycles. The molecule has 2 nitrogen and oxygen atoms in total. The zero-order valence-electron chi connectivity index (χ0n) is 15.5. The third-order valence-corrected chi connectivity index (χ3v) is 7.57. The van der Waals surface area contributed by atoms with Crippen molar-refractivity contribution in [2.24, 2.45) is 0 Å². The summed E-state index contributed by atoms with van der Waals surface area (Å²) in [5.74, 6) is 2.26. The third kappa shape index (κ3) is 4.63. The number of nitrogens with zero attached hydrogens (tertiary/aromatic N) is 2. The van der Waals surface area contributed by atoms with Crippen molar-refractivity contribution < 1.29 is 0 Å². The predicted octanol–water partition coefficient (Wildman–Crippen LogP) is 6.84. The third-order valence-electron chi connectivity index (χ3n) is 4.35. The van der Waals surface area contributed by atoms with E-state index in [4.69, 9.17) is 4.98 Å².